The quantitative estimate of drug-likeness (QED) is 0.144. The number of aliphatic hydroxyl groups is 1. The maximum atomic E-state index is 13.4. The van der Waals surface area contributed by atoms with Gasteiger partial charge in [0.05, 0.1) is 13.2 Å². The number of aliphatic hydroxyl groups excluding tert-OH is 1. The minimum absolute atomic E-state index is 0.0688. The Morgan fingerprint density at radius 1 is 1.07 bits per heavy atom. The van der Waals surface area contributed by atoms with Gasteiger partial charge in [-0.15, -0.1) is 0 Å². The van der Waals surface area contributed by atoms with Crippen molar-refractivity contribution in [3.05, 3.63) is 34.9 Å². The van der Waals surface area contributed by atoms with E-state index in [0.29, 0.717) is 43.3 Å². The van der Waals surface area contributed by atoms with Gasteiger partial charge >= 0.3 is 13.7 Å². The van der Waals surface area contributed by atoms with Crippen LogP contribution in [0.1, 0.15) is 72.8 Å². The zero-order valence-electron chi connectivity index (χ0n) is 24.8. The minimum atomic E-state index is -3.83. The molecule has 5 atom stereocenters. The molecule has 0 radical (unpaired) electrons. The van der Waals surface area contributed by atoms with Gasteiger partial charge in [-0.25, -0.2) is 4.79 Å². The SMILES string of the molecule is CCOP(=O)(OCC)C(O)[C@H](CC(C)CCNC(C)=O)NCC(CC(C)CC)NC(=O)OCc1cccc(Cl)c1. The van der Waals surface area contributed by atoms with Gasteiger partial charge in [-0.3, -0.25) is 9.36 Å². The molecule has 0 aliphatic carbocycles. The average Bonchev–Trinajstić information content (AvgIpc) is 2.89. The number of carbonyl (C=O) groups excluding carboxylic acids is 2. The van der Waals surface area contributed by atoms with E-state index in [0.717, 1.165) is 12.0 Å². The van der Waals surface area contributed by atoms with E-state index < -0.39 is 25.6 Å². The first-order valence-electron chi connectivity index (χ1n) is 14.2. The molecule has 0 aliphatic heterocycles. The van der Waals surface area contributed by atoms with Gasteiger partial charge in [0.1, 0.15) is 6.61 Å². The fraction of sp³-hybridized carbons (Fsp3) is 0.714. The molecule has 10 nitrogen and oxygen atoms in total. The van der Waals surface area contributed by atoms with E-state index in [1.165, 1.54) is 6.92 Å². The third kappa shape index (κ3) is 14.3. The normalized spacial score (nSPS) is 15.5. The lowest BCUT2D eigenvalue weighted by molar-refractivity contribution is -0.119. The molecular formula is C28H49ClN3O7P. The molecule has 4 N–H and O–H groups in total. The molecule has 4 unspecified atom stereocenters. The summed E-state index contributed by atoms with van der Waals surface area (Å²) in [6, 6.07) is 6.14. The first-order chi connectivity index (χ1) is 18.9. The summed E-state index contributed by atoms with van der Waals surface area (Å²) in [6.07, 6.45) is 2.14. The Morgan fingerprint density at radius 3 is 2.33 bits per heavy atom. The summed E-state index contributed by atoms with van der Waals surface area (Å²) in [4.78, 5) is 23.9. The lowest BCUT2D eigenvalue weighted by Gasteiger charge is -2.32. The Bertz CT molecular complexity index is 929. The maximum absolute atomic E-state index is 13.4. The standard InChI is InChI=1S/C28H49ClN3O7P/c1-7-20(4)15-25(32-28(35)37-19-23-11-10-12-24(29)17-23)18-31-26(16-21(5)13-14-30-22(6)33)27(34)40(36,38-8-2)39-9-3/h10-12,17,20-21,25-27,31,34H,7-9,13-16,18-19H2,1-6H3,(H,30,33)(H,32,35)/t20?,21?,25?,26-,27?/m0/s1. The molecule has 40 heavy (non-hydrogen) atoms. The van der Waals surface area contributed by atoms with E-state index in [9.17, 15) is 19.3 Å². The van der Waals surface area contributed by atoms with Crippen LogP contribution in [0.25, 0.3) is 0 Å². The first-order valence-corrected chi connectivity index (χ1v) is 16.1. The molecule has 0 spiro atoms. The van der Waals surface area contributed by atoms with Crippen LogP contribution in [0.3, 0.4) is 0 Å². The van der Waals surface area contributed by atoms with Crippen LogP contribution in [-0.4, -0.2) is 61.3 Å². The van der Waals surface area contributed by atoms with E-state index >= 15 is 0 Å². The number of nitrogens with one attached hydrogen (secondary N) is 3. The van der Waals surface area contributed by atoms with Crippen LogP contribution < -0.4 is 16.0 Å². The van der Waals surface area contributed by atoms with Gasteiger partial charge in [0.25, 0.3) is 0 Å². The van der Waals surface area contributed by atoms with Crippen molar-refractivity contribution < 1.29 is 33.0 Å². The van der Waals surface area contributed by atoms with Gasteiger partial charge in [0.2, 0.25) is 5.91 Å². The Morgan fingerprint density at radius 2 is 1.75 bits per heavy atom. The predicted octanol–water partition coefficient (Wildman–Crippen LogP) is 5.47. The van der Waals surface area contributed by atoms with E-state index in [1.54, 1.807) is 32.0 Å². The first kappa shape index (κ1) is 36.3. The minimum Gasteiger partial charge on any atom is -0.445 e. The molecule has 0 fully saturated rings. The summed E-state index contributed by atoms with van der Waals surface area (Å²) in [6.45, 7) is 12.1. The molecular weight excluding hydrogens is 557 g/mol. The summed E-state index contributed by atoms with van der Waals surface area (Å²) in [7, 11) is -3.83. The second kappa shape index (κ2) is 19.4. The predicted molar refractivity (Wildman–Crippen MR) is 158 cm³/mol. The van der Waals surface area contributed by atoms with Crippen molar-refractivity contribution in [2.75, 3.05) is 26.3 Å². The number of halogens is 1. The van der Waals surface area contributed by atoms with Gasteiger partial charge in [-0.05, 0) is 62.6 Å². The van der Waals surface area contributed by atoms with Gasteiger partial charge < -0.3 is 34.8 Å². The summed E-state index contributed by atoms with van der Waals surface area (Å²) in [5, 5.41) is 20.8. The second-order valence-corrected chi connectivity index (χ2v) is 12.8. The zero-order chi connectivity index (χ0) is 30.1. The zero-order valence-corrected chi connectivity index (χ0v) is 26.4. The summed E-state index contributed by atoms with van der Waals surface area (Å²) >= 11 is 6.02. The number of amides is 2. The summed E-state index contributed by atoms with van der Waals surface area (Å²) in [5.74, 6) is -1.15. The number of ether oxygens (including phenoxy) is 1. The lowest BCUT2D eigenvalue weighted by atomic mass is 9.97. The molecule has 0 aromatic heterocycles. The molecule has 0 heterocycles. The van der Waals surface area contributed by atoms with Crippen molar-refractivity contribution >= 4 is 31.2 Å². The third-order valence-corrected chi connectivity index (χ3v) is 9.04. The highest BCUT2D eigenvalue weighted by Gasteiger charge is 2.40. The third-order valence-electron chi connectivity index (χ3n) is 6.56. The van der Waals surface area contributed by atoms with Crippen molar-refractivity contribution in [1.29, 1.82) is 0 Å². The van der Waals surface area contributed by atoms with Crippen LogP contribution in [0.5, 0.6) is 0 Å². The highest BCUT2D eigenvalue weighted by atomic mass is 35.5. The van der Waals surface area contributed by atoms with Gasteiger partial charge in [0, 0.05) is 37.1 Å². The Balaban J connectivity index is 2.99. The van der Waals surface area contributed by atoms with Crippen molar-refractivity contribution in [2.45, 2.75) is 91.8 Å². The summed E-state index contributed by atoms with van der Waals surface area (Å²) < 4.78 is 29.7. The number of benzene rings is 1. The fourth-order valence-electron chi connectivity index (χ4n) is 4.25. The Hall–Kier alpha value is -1.68. The molecule has 1 rings (SSSR count). The van der Waals surface area contributed by atoms with E-state index in [-0.39, 0.29) is 37.7 Å². The molecule has 1 aromatic carbocycles. The molecule has 0 saturated carbocycles. The molecule has 0 aliphatic rings. The highest BCUT2D eigenvalue weighted by Crippen LogP contribution is 2.53. The largest absolute Gasteiger partial charge is 0.445 e. The van der Waals surface area contributed by atoms with Crippen molar-refractivity contribution in [1.82, 2.24) is 16.0 Å². The monoisotopic (exact) mass is 605 g/mol. The van der Waals surface area contributed by atoms with E-state index in [2.05, 4.69) is 29.8 Å². The average molecular weight is 606 g/mol. The van der Waals surface area contributed by atoms with Gasteiger partial charge in [-0.1, -0.05) is 50.9 Å². The maximum Gasteiger partial charge on any atom is 0.407 e. The van der Waals surface area contributed by atoms with Crippen LogP contribution >= 0.6 is 19.2 Å². The van der Waals surface area contributed by atoms with Crippen LogP contribution in [0.15, 0.2) is 24.3 Å². The van der Waals surface area contributed by atoms with Crippen molar-refractivity contribution in [2.24, 2.45) is 11.8 Å². The van der Waals surface area contributed by atoms with Gasteiger partial charge in [-0.2, -0.15) is 0 Å². The van der Waals surface area contributed by atoms with E-state index in [4.69, 9.17) is 25.4 Å². The Kier molecular flexibility index (Phi) is 17.7. The topological polar surface area (TPSA) is 135 Å². The van der Waals surface area contributed by atoms with Crippen molar-refractivity contribution in [3.63, 3.8) is 0 Å². The van der Waals surface area contributed by atoms with Crippen LogP contribution in [0.2, 0.25) is 5.02 Å². The molecule has 230 valence electrons. The van der Waals surface area contributed by atoms with Crippen molar-refractivity contribution in [3.8, 4) is 0 Å². The van der Waals surface area contributed by atoms with Gasteiger partial charge in [0.15, 0.2) is 5.85 Å². The highest BCUT2D eigenvalue weighted by molar-refractivity contribution is 7.54. The lowest BCUT2D eigenvalue weighted by Crippen LogP contribution is -2.49. The Labute approximate surface area is 244 Å². The number of carbonyl (C=O) groups is 2. The number of rotatable bonds is 20. The van der Waals surface area contributed by atoms with Crippen LogP contribution in [0.4, 0.5) is 4.79 Å². The van der Waals surface area contributed by atoms with E-state index in [1.807, 2.05) is 13.0 Å². The second-order valence-electron chi connectivity index (χ2n) is 10.2. The number of hydrogen-bond acceptors (Lipinski definition) is 8. The molecule has 12 heteroatoms. The molecule has 1 aromatic rings. The smallest absolute Gasteiger partial charge is 0.407 e. The fourth-order valence-corrected chi connectivity index (χ4v) is 6.23. The number of alkyl carbamates (subject to hydrolysis) is 1. The molecule has 0 bridgehead atoms. The molecule has 0 saturated heterocycles. The van der Waals surface area contributed by atoms with Crippen LogP contribution in [-0.2, 0) is 29.8 Å². The van der Waals surface area contributed by atoms with Crippen LogP contribution in [0, 0.1) is 11.8 Å². The molecule has 2 amide bonds. The summed E-state index contributed by atoms with van der Waals surface area (Å²) in [5.41, 5.74) is 0.776. The number of hydrogen-bond donors (Lipinski definition) is 4.